The fourth-order valence-corrected chi connectivity index (χ4v) is 4.38. The van der Waals surface area contributed by atoms with Gasteiger partial charge in [-0.3, -0.25) is 4.79 Å². The number of rotatable bonds is 4. The molecule has 32 heavy (non-hydrogen) atoms. The average molecular weight is 464 g/mol. The molecule has 3 aromatic rings. The van der Waals surface area contributed by atoms with Crippen LogP contribution in [0.1, 0.15) is 34.2 Å². The van der Waals surface area contributed by atoms with Crippen LogP contribution in [-0.2, 0) is 12.6 Å². The van der Waals surface area contributed by atoms with E-state index in [9.17, 15) is 22.4 Å². The summed E-state index contributed by atoms with van der Waals surface area (Å²) in [6.07, 6.45) is -4.01. The Morgan fingerprint density at radius 2 is 1.91 bits per heavy atom. The highest BCUT2D eigenvalue weighted by Crippen LogP contribution is 2.30. The molecule has 1 aliphatic heterocycles. The minimum atomic E-state index is -4.50. The molecule has 4 rings (SSSR count). The van der Waals surface area contributed by atoms with Crippen molar-refractivity contribution in [1.82, 2.24) is 14.3 Å². The van der Waals surface area contributed by atoms with Crippen LogP contribution in [0.15, 0.2) is 48.5 Å². The summed E-state index contributed by atoms with van der Waals surface area (Å²) in [6.45, 7) is 3.22. The Hall–Kier alpha value is -3.01. The van der Waals surface area contributed by atoms with Crippen LogP contribution >= 0.6 is 11.5 Å². The van der Waals surface area contributed by atoms with Crippen LogP contribution in [0.2, 0.25) is 0 Å². The molecule has 168 valence electrons. The molecule has 0 radical (unpaired) electrons. The number of halogens is 4. The maximum atomic E-state index is 13.1. The summed E-state index contributed by atoms with van der Waals surface area (Å²) in [7, 11) is 0. The van der Waals surface area contributed by atoms with Crippen LogP contribution in [0.25, 0.3) is 0 Å². The van der Waals surface area contributed by atoms with Crippen molar-refractivity contribution < 1.29 is 22.4 Å². The van der Waals surface area contributed by atoms with Crippen molar-refractivity contribution in [3.63, 3.8) is 0 Å². The largest absolute Gasteiger partial charge is 0.416 e. The van der Waals surface area contributed by atoms with E-state index in [1.165, 1.54) is 35.8 Å². The van der Waals surface area contributed by atoms with Crippen molar-refractivity contribution in [3.8, 4) is 0 Å². The first-order valence-corrected chi connectivity index (χ1v) is 10.8. The number of hydrogen-bond donors (Lipinski definition) is 0. The number of aromatic nitrogens is 2. The zero-order valence-electron chi connectivity index (χ0n) is 17.1. The van der Waals surface area contributed by atoms with Gasteiger partial charge >= 0.3 is 6.18 Å². The maximum absolute atomic E-state index is 13.1. The Morgan fingerprint density at radius 3 is 2.59 bits per heavy atom. The summed E-state index contributed by atoms with van der Waals surface area (Å²) in [5, 5.41) is 0.722. The number of benzene rings is 2. The highest BCUT2D eigenvalue weighted by molar-refractivity contribution is 7.09. The lowest BCUT2D eigenvalue weighted by molar-refractivity contribution is -0.137. The topological polar surface area (TPSA) is 49.3 Å². The molecule has 0 N–H and O–H groups in total. The van der Waals surface area contributed by atoms with Gasteiger partial charge < -0.3 is 9.80 Å². The molecule has 5 nitrogen and oxygen atoms in total. The summed E-state index contributed by atoms with van der Waals surface area (Å²) < 4.78 is 56.4. The number of anilines is 1. The van der Waals surface area contributed by atoms with E-state index in [2.05, 4.69) is 9.36 Å². The van der Waals surface area contributed by atoms with Crippen LogP contribution in [0.4, 0.5) is 22.7 Å². The molecule has 0 aliphatic carbocycles. The third-order valence-electron chi connectivity index (χ3n) is 5.33. The molecule has 1 saturated heterocycles. The van der Waals surface area contributed by atoms with Crippen molar-refractivity contribution in [2.75, 3.05) is 24.5 Å². The molecule has 0 spiro atoms. The molecule has 1 unspecified atom stereocenters. The van der Waals surface area contributed by atoms with Crippen LogP contribution < -0.4 is 4.90 Å². The smallest absolute Gasteiger partial charge is 0.343 e. The van der Waals surface area contributed by atoms with Crippen LogP contribution in [0.5, 0.6) is 0 Å². The molecule has 1 fully saturated rings. The lowest BCUT2D eigenvalue weighted by Gasteiger charge is -2.39. The van der Waals surface area contributed by atoms with Gasteiger partial charge in [-0.2, -0.15) is 17.5 Å². The molecule has 2 heterocycles. The number of alkyl halides is 3. The lowest BCUT2D eigenvalue weighted by Crippen LogP contribution is -2.54. The summed E-state index contributed by atoms with van der Waals surface area (Å²) in [5.41, 5.74) is 0.0930. The second-order valence-corrected chi connectivity index (χ2v) is 8.40. The first-order chi connectivity index (χ1) is 15.2. The zero-order valence-corrected chi connectivity index (χ0v) is 18.0. The highest BCUT2D eigenvalue weighted by atomic mass is 32.1. The van der Waals surface area contributed by atoms with Crippen LogP contribution in [-0.4, -0.2) is 45.8 Å². The fraction of sp³-hybridized carbons (Fsp3) is 0.318. The number of carbonyl (C=O) groups excluding carboxylic acids is 1. The van der Waals surface area contributed by atoms with Gasteiger partial charge in [0.2, 0.25) is 5.13 Å². The molecule has 0 bridgehead atoms. The molecule has 1 atom stereocenters. The molecule has 1 aromatic heterocycles. The standard InChI is InChI=1S/C22H20F4N4OS/c1-14-13-29(21-27-19(28-32-21)11-15-5-7-18(23)8-6-15)9-10-30(14)20(31)16-3-2-4-17(12-16)22(24,25)26/h2-8,12,14H,9-11,13H2,1H3. The van der Waals surface area contributed by atoms with Crippen molar-refractivity contribution in [2.45, 2.75) is 25.6 Å². The van der Waals surface area contributed by atoms with Crippen molar-refractivity contribution in [1.29, 1.82) is 0 Å². The van der Waals surface area contributed by atoms with Gasteiger partial charge in [0.1, 0.15) is 11.6 Å². The van der Waals surface area contributed by atoms with E-state index in [0.29, 0.717) is 31.9 Å². The molecule has 10 heteroatoms. The summed E-state index contributed by atoms with van der Waals surface area (Å²) in [4.78, 5) is 21.0. The zero-order chi connectivity index (χ0) is 22.9. The van der Waals surface area contributed by atoms with Gasteiger partial charge in [0.15, 0.2) is 0 Å². The highest BCUT2D eigenvalue weighted by Gasteiger charge is 2.33. The second kappa shape index (κ2) is 8.85. The average Bonchev–Trinajstić information content (AvgIpc) is 3.23. The number of amides is 1. The summed E-state index contributed by atoms with van der Waals surface area (Å²) in [5.74, 6) is -0.0866. The third-order valence-corrected chi connectivity index (χ3v) is 6.14. The van der Waals surface area contributed by atoms with E-state index in [1.807, 2.05) is 11.8 Å². The first-order valence-electron chi connectivity index (χ1n) is 10.0. The second-order valence-electron chi connectivity index (χ2n) is 7.67. The Balaban J connectivity index is 1.41. The number of hydrogen-bond acceptors (Lipinski definition) is 5. The van der Waals surface area contributed by atoms with Gasteiger partial charge in [-0.25, -0.2) is 9.37 Å². The number of piperazine rings is 1. The number of carbonyl (C=O) groups is 1. The minimum Gasteiger partial charge on any atom is -0.343 e. The van der Waals surface area contributed by atoms with E-state index < -0.39 is 17.6 Å². The van der Waals surface area contributed by atoms with Crippen molar-refractivity contribution in [3.05, 3.63) is 76.9 Å². The maximum Gasteiger partial charge on any atom is 0.416 e. The normalized spacial score (nSPS) is 17.0. The SMILES string of the molecule is CC1CN(c2nc(Cc3ccc(F)cc3)ns2)CCN1C(=O)c1cccc(C(F)(F)F)c1. The minimum absolute atomic E-state index is 0.0256. The van der Waals surface area contributed by atoms with Crippen molar-refractivity contribution in [2.24, 2.45) is 0 Å². The van der Waals surface area contributed by atoms with E-state index in [1.54, 1.807) is 17.0 Å². The fourth-order valence-electron chi connectivity index (χ4n) is 3.66. The Bertz CT molecular complexity index is 1100. The monoisotopic (exact) mass is 464 g/mol. The van der Waals surface area contributed by atoms with Crippen LogP contribution in [0.3, 0.4) is 0 Å². The Morgan fingerprint density at radius 1 is 1.16 bits per heavy atom. The summed E-state index contributed by atoms with van der Waals surface area (Å²) in [6, 6.07) is 10.5. The van der Waals surface area contributed by atoms with Crippen molar-refractivity contribution >= 4 is 22.6 Å². The van der Waals surface area contributed by atoms with Crippen LogP contribution in [0, 0.1) is 5.82 Å². The number of nitrogens with zero attached hydrogens (tertiary/aromatic N) is 4. The predicted octanol–water partition coefficient (Wildman–Crippen LogP) is 4.64. The van der Waals surface area contributed by atoms with E-state index >= 15 is 0 Å². The first kappa shape index (κ1) is 22.2. The van der Waals surface area contributed by atoms with E-state index in [4.69, 9.17) is 0 Å². The molecule has 1 amide bonds. The van der Waals surface area contributed by atoms with Gasteiger partial charge in [0.25, 0.3) is 5.91 Å². The van der Waals surface area contributed by atoms with Gasteiger partial charge in [-0.15, -0.1) is 0 Å². The molecule has 1 aliphatic rings. The molecular weight excluding hydrogens is 444 g/mol. The molecule has 2 aromatic carbocycles. The van der Waals surface area contributed by atoms with E-state index in [0.717, 1.165) is 22.8 Å². The van der Waals surface area contributed by atoms with Gasteiger partial charge in [0, 0.05) is 49.2 Å². The molecular formula is C22H20F4N4OS. The van der Waals surface area contributed by atoms with Gasteiger partial charge in [0.05, 0.1) is 5.56 Å². The predicted molar refractivity (Wildman–Crippen MR) is 113 cm³/mol. The Labute approximate surface area is 186 Å². The van der Waals surface area contributed by atoms with E-state index in [-0.39, 0.29) is 17.4 Å². The molecule has 0 saturated carbocycles. The summed E-state index contributed by atoms with van der Waals surface area (Å²) >= 11 is 1.25. The third kappa shape index (κ3) is 4.90. The quantitative estimate of drug-likeness (QED) is 0.528. The van der Waals surface area contributed by atoms with Gasteiger partial charge in [-0.05, 0) is 42.8 Å². The van der Waals surface area contributed by atoms with Gasteiger partial charge in [-0.1, -0.05) is 18.2 Å². The lowest BCUT2D eigenvalue weighted by atomic mass is 10.1. The Kier molecular flexibility index (Phi) is 6.14.